The Morgan fingerprint density at radius 1 is 0.868 bits per heavy atom. The van der Waals surface area contributed by atoms with Gasteiger partial charge in [0.2, 0.25) is 0 Å². The van der Waals surface area contributed by atoms with Crippen LogP contribution in [0.25, 0.3) is 10.6 Å². The van der Waals surface area contributed by atoms with E-state index in [-0.39, 0.29) is 23.2 Å². The molecule has 200 valence electrons. The molecule has 7 heteroatoms. The summed E-state index contributed by atoms with van der Waals surface area (Å²) in [5.41, 5.74) is 4.34. The van der Waals surface area contributed by atoms with Crippen LogP contribution in [0.1, 0.15) is 50.1 Å². The van der Waals surface area contributed by atoms with Gasteiger partial charge in [-0.2, -0.15) is 5.10 Å². The summed E-state index contributed by atoms with van der Waals surface area (Å²) in [6, 6.07) is 19.9. The van der Waals surface area contributed by atoms with E-state index >= 15 is 0 Å². The van der Waals surface area contributed by atoms with Crippen molar-refractivity contribution >= 4 is 11.3 Å². The fourth-order valence-electron chi connectivity index (χ4n) is 5.30. The van der Waals surface area contributed by atoms with Crippen LogP contribution in [-0.4, -0.2) is 52.3 Å². The number of rotatable bonds is 8. The normalized spacial score (nSPS) is 15.4. The molecule has 0 atom stereocenters. The molecule has 1 aliphatic heterocycles. The number of hydrogen-bond donors (Lipinski definition) is 0. The van der Waals surface area contributed by atoms with Crippen molar-refractivity contribution in [2.45, 2.75) is 45.2 Å². The first-order valence-electron chi connectivity index (χ1n) is 13.4. The number of piperazine rings is 1. The van der Waals surface area contributed by atoms with Crippen molar-refractivity contribution in [3.05, 3.63) is 101 Å². The molecule has 3 heterocycles. The molecule has 0 spiro atoms. The second kappa shape index (κ2) is 11.5. The Hall–Kier alpha value is -2.87. The van der Waals surface area contributed by atoms with Crippen LogP contribution in [0.15, 0.2) is 72.1 Å². The lowest BCUT2D eigenvalue weighted by Crippen LogP contribution is -2.48. The summed E-state index contributed by atoms with van der Waals surface area (Å²) in [5, 5.41) is 7.09. The first-order chi connectivity index (χ1) is 18.3. The van der Waals surface area contributed by atoms with Gasteiger partial charge in [-0.3, -0.25) is 9.58 Å². The Morgan fingerprint density at radius 2 is 1.47 bits per heavy atom. The summed E-state index contributed by atoms with van der Waals surface area (Å²) in [5.74, 6) is -0.488. The van der Waals surface area contributed by atoms with Gasteiger partial charge in [0.05, 0.1) is 27.8 Å². The maximum atomic E-state index is 13.6. The fraction of sp³-hybridized carbons (Fsp3) is 0.387. The molecule has 0 aliphatic carbocycles. The Morgan fingerprint density at radius 3 is 2.00 bits per heavy atom. The van der Waals surface area contributed by atoms with E-state index in [0.717, 1.165) is 62.4 Å². The van der Waals surface area contributed by atoms with Crippen LogP contribution in [0.4, 0.5) is 8.78 Å². The Bertz CT molecular complexity index is 1250. The standard InChI is InChI=1S/C31H36F2N4S/c1-31(2,3)37-28(29-7-5-21-38-29)22-27(34-37)6-4-16-35-17-19-36(20-18-35)30(23-8-12-25(32)13-9-23)24-10-14-26(33)15-11-24/h5,7-15,21-22,30H,4,6,16-20H2,1-3H3. The van der Waals surface area contributed by atoms with Crippen molar-refractivity contribution in [1.82, 2.24) is 19.6 Å². The molecular weight excluding hydrogens is 498 g/mol. The van der Waals surface area contributed by atoms with Gasteiger partial charge in [0.1, 0.15) is 11.6 Å². The highest BCUT2D eigenvalue weighted by Gasteiger charge is 2.27. The minimum Gasteiger partial charge on any atom is -0.301 e. The van der Waals surface area contributed by atoms with Crippen molar-refractivity contribution < 1.29 is 8.78 Å². The molecule has 2 aromatic heterocycles. The van der Waals surface area contributed by atoms with Crippen molar-refractivity contribution in [2.75, 3.05) is 32.7 Å². The zero-order valence-electron chi connectivity index (χ0n) is 22.4. The fourth-order valence-corrected chi connectivity index (χ4v) is 6.02. The van der Waals surface area contributed by atoms with Crippen molar-refractivity contribution in [3.63, 3.8) is 0 Å². The van der Waals surface area contributed by atoms with E-state index in [9.17, 15) is 8.78 Å². The molecular formula is C31H36F2N4S. The minimum atomic E-state index is -0.244. The van der Waals surface area contributed by atoms with E-state index in [1.54, 1.807) is 11.3 Å². The Labute approximate surface area is 228 Å². The lowest BCUT2D eigenvalue weighted by atomic mass is 9.96. The zero-order chi connectivity index (χ0) is 26.7. The highest BCUT2D eigenvalue weighted by molar-refractivity contribution is 7.13. The Balaban J connectivity index is 1.20. The SMILES string of the molecule is CC(C)(C)n1nc(CCCN2CCN(C(c3ccc(F)cc3)c3ccc(F)cc3)CC2)cc1-c1cccs1. The van der Waals surface area contributed by atoms with Crippen LogP contribution in [0.5, 0.6) is 0 Å². The van der Waals surface area contributed by atoms with E-state index in [1.165, 1.54) is 34.8 Å². The second-order valence-electron chi connectivity index (χ2n) is 11.1. The molecule has 0 amide bonds. The largest absolute Gasteiger partial charge is 0.301 e. The monoisotopic (exact) mass is 534 g/mol. The van der Waals surface area contributed by atoms with Crippen LogP contribution in [0, 0.1) is 11.6 Å². The predicted molar refractivity (Wildman–Crippen MR) is 152 cm³/mol. The smallest absolute Gasteiger partial charge is 0.123 e. The first-order valence-corrected chi connectivity index (χ1v) is 14.3. The highest BCUT2D eigenvalue weighted by atomic mass is 32.1. The second-order valence-corrected chi connectivity index (χ2v) is 12.0. The van der Waals surface area contributed by atoms with Gasteiger partial charge < -0.3 is 4.90 Å². The van der Waals surface area contributed by atoms with Crippen LogP contribution in [0.2, 0.25) is 0 Å². The highest BCUT2D eigenvalue weighted by Crippen LogP contribution is 2.31. The van der Waals surface area contributed by atoms with Crippen LogP contribution in [-0.2, 0) is 12.0 Å². The number of aromatic nitrogens is 2. The summed E-state index contributed by atoms with van der Waals surface area (Å²) >= 11 is 1.76. The minimum absolute atomic E-state index is 0.0182. The van der Waals surface area contributed by atoms with Crippen molar-refractivity contribution in [1.29, 1.82) is 0 Å². The maximum Gasteiger partial charge on any atom is 0.123 e. The van der Waals surface area contributed by atoms with Gasteiger partial charge in [-0.15, -0.1) is 11.3 Å². The van der Waals surface area contributed by atoms with E-state index in [2.05, 4.69) is 58.8 Å². The maximum absolute atomic E-state index is 13.6. The van der Waals surface area contributed by atoms with Gasteiger partial charge in [-0.05, 0) is 93.1 Å². The predicted octanol–water partition coefficient (Wildman–Crippen LogP) is 6.98. The topological polar surface area (TPSA) is 24.3 Å². The number of aryl methyl sites for hydroxylation is 1. The summed E-state index contributed by atoms with van der Waals surface area (Å²) in [4.78, 5) is 6.20. The third kappa shape index (κ3) is 6.22. The lowest BCUT2D eigenvalue weighted by Gasteiger charge is -2.39. The van der Waals surface area contributed by atoms with Gasteiger partial charge in [0.15, 0.2) is 0 Å². The molecule has 4 aromatic rings. The molecule has 1 saturated heterocycles. The van der Waals surface area contributed by atoms with Crippen LogP contribution in [0.3, 0.4) is 0 Å². The molecule has 38 heavy (non-hydrogen) atoms. The van der Waals surface area contributed by atoms with Gasteiger partial charge in [-0.1, -0.05) is 30.3 Å². The molecule has 0 radical (unpaired) electrons. The summed E-state index contributed by atoms with van der Waals surface area (Å²) in [6.45, 7) is 11.4. The quantitative estimate of drug-likeness (QED) is 0.244. The average Bonchev–Trinajstić information content (AvgIpc) is 3.58. The summed E-state index contributed by atoms with van der Waals surface area (Å²) in [6.07, 6.45) is 2.01. The lowest BCUT2D eigenvalue weighted by molar-refractivity contribution is 0.108. The third-order valence-electron chi connectivity index (χ3n) is 7.22. The summed E-state index contributed by atoms with van der Waals surface area (Å²) in [7, 11) is 0. The number of halogens is 2. The molecule has 0 saturated carbocycles. The van der Waals surface area contributed by atoms with E-state index in [0.29, 0.717) is 0 Å². The van der Waals surface area contributed by atoms with Crippen molar-refractivity contribution in [2.24, 2.45) is 0 Å². The molecule has 4 nitrogen and oxygen atoms in total. The number of nitrogens with zero attached hydrogens (tertiary/aromatic N) is 4. The molecule has 0 unspecified atom stereocenters. The summed E-state index contributed by atoms with van der Waals surface area (Å²) < 4.78 is 29.4. The van der Waals surface area contributed by atoms with Gasteiger partial charge in [0, 0.05) is 26.2 Å². The van der Waals surface area contributed by atoms with Crippen LogP contribution < -0.4 is 0 Å². The Kier molecular flexibility index (Phi) is 8.07. The third-order valence-corrected chi connectivity index (χ3v) is 8.11. The number of benzene rings is 2. The molecule has 0 N–H and O–H groups in total. The molecule has 0 bridgehead atoms. The molecule has 2 aromatic carbocycles. The van der Waals surface area contributed by atoms with Gasteiger partial charge in [-0.25, -0.2) is 8.78 Å². The van der Waals surface area contributed by atoms with Gasteiger partial charge in [0.25, 0.3) is 0 Å². The first kappa shape index (κ1) is 26.7. The van der Waals surface area contributed by atoms with Crippen molar-refractivity contribution in [3.8, 4) is 10.6 Å². The molecule has 1 fully saturated rings. The van der Waals surface area contributed by atoms with E-state index in [1.807, 2.05) is 24.3 Å². The average molecular weight is 535 g/mol. The van der Waals surface area contributed by atoms with E-state index < -0.39 is 0 Å². The van der Waals surface area contributed by atoms with Gasteiger partial charge >= 0.3 is 0 Å². The number of thiophene rings is 1. The number of hydrogen-bond acceptors (Lipinski definition) is 4. The van der Waals surface area contributed by atoms with Crippen LogP contribution >= 0.6 is 11.3 Å². The van der Waals surface area contributed by atoms with E-state index in [4.69, 9.17) is 5.10 Å². The zero-order valence-corrected chi connectivity index (χ0v) is 23.2. The molecule has 5 rings (SSSR count). The molecule has 1 aliphatic rings.